The number of hydrogen-bond acceptors (Lipinski definition) is 6. The number of hydrogen-bond donors (Lipinski definition) is 2. The molecule has 1 fully saturated rings. The van der Waals surface area contributed by atoms with Gasteiger partial charge < -0.3 is 20.4 Å². The van der Waals surface area contributed by atoms with E-state index in [0.717, 1.165) is 54.9 Å². The topological polar surface area (TPSA) is 114 Å². The summed E-state index contributed by atoms with van der Waals surface area (Å²) in [6, 6.07) is 4.21. The summed E-state index contributed by atoms with van der Waals surface area (Å²) in [6.07, 6.45) is 8.92. The normalized spacial score (nSPS) is 15.0. The van der Waals surface area contributed by atoms with E-state index in [0.29, 0.717) is 29.7 Å². The second-order valence-corrected chi connectivity index (χ2v) is 9.42. The van der Waals surface area contributed by atoms with Crippen molar-refractivity contribution in [2.75, 3.05) is 25.1 Å². The highest BCUT2D eigenvalue weighted by Gasteiger charge is 2.23. The summed E-state index contributed by atoms with van der Waals surface area (Å²) >= 11 is 0. The number of piperidine rings is 1. The minimum absolute atomic E-state index is 0.209. The number of methoxy groups -OCH3 is 1. The van der Waals surface area contributed by atoms with Crippen molar-refractivity contribution < 1.29 is 9.53 Å². The predicted octanol–water partition coefficient (Wildman–Crippen LogP) is 3.89. The molecule has 0 bridgehead atoms. The number of amides is 1. The van der Waals surface area contributed by atoms with Gasteiger partial charge >= 0.3 is 0 Å². The fraction of sp³-hybridized carbons (Fsp3) is 0.440. The number of rotatable bonds is 7. The second kappa shape index (κ2) is 8.96. The molecular formula is C25H31N7O2. The molecule has 5 heterocycles. The number of nitrogens with two attached hydrogens (primary N) is 1. The molecule has 5 rings (SSSR count). The Morgan fingerprint density at radius 2 is 2.06 bits per heavy atom. The van der Waals surface area contributed by atoms with Gasteiger partial charge in [0.1, 0.15) is 12.1 Å². The molecule has 1 aliphatic rings. The molecule has 9 nitrogen and oxygen atoms in total. The Morgan fingerprint density at radius 3 is 2.76 bits per heavy atom. The number of carbonyl (C=O) groups is 1. The van der Waals surface area contributed by atoms with Crippen LogP contribution in [-0.4, -0.2) is 50.7 Å². The van der Waals surface area contributed by atoms with Gasteiger partial charge in [0.15, 0.2) is 11.4 Å². The highest BCUT2D eigenvalue weighted by Crippen LogP contribution is 2.38. The van der Waals surface area contributed by atoms with Crippen molar-refractivity contribution in [1.82, 2.24) is 24.6 Å². The van der Waals surface area contributed by atoms with E-state index in [1.807, 2.05) is 18.5 Å². The van der Waals surface area contributed by atoms with Crippen LogP contribution in [0.15, 0.2) is 30.9 Å². The van der Waals surface area contributed by atoms with Gasteiger partial charge in [0, 0.05) is 36.7 Å². The summed E-state index contributed by atoms with van der Waals surface area (Å²) < 4.78 is 7.32. The fourth-order valence-electron chi connectivity index (χ4n) is 5.08. The zero-order chi connectivity index (χ0) is 23.8. The van der Waals surface area contributed by atoms with Crippen LogP contribution >= 0.6 is 0 Å². The van der Waals surface area contributed by atoms with Gasteiger partial charge in [0.05, 0.1) is 24.5 Å². The van der Waals surface area contributed by atoms with Gasteiger partial charge in [0.25, 0.3) is 0 Å². The van der Waals surface area contributed by atoms with Crippen LogP contribution in [0.2, 0.25) is 0 Å². The number of primary amides is 1. The first-order valence-electron chi connectivity index (χ1n) is 11.9. The third-order valence-electron chi connectivity index (χ3n) is 6.87. The minimum atomic E-state index is -0.209. The van der Waals surface area contributed by atoms with Crippen LogP contribution in [-0.2, 0) is 4.79 Å². The molecule has 34 heavy (non-hydrogen) atoms. The Bertz CT molecular complexity index is 1330. The van der Waals surface area contributed by atoms with E-state index in [1.54, 1.807) is 11.6 Å². The van der Waals surface area contributed by atoms with Crippen LogP contribution < -0.4 is 15.4 Å². The maximum Gasteiger partial charge on any atom is 0.217 e. The molecule has 0 spiro atoms. The van der Waals surface area contributed by atoms with Crippen LogP contribution in [0.3, 0.4) is 0 Å². The number of pyridine rings is 2. The summed E-state index contributed by atoms with van der Waals surface area (Å²) in [6.45, 7) is 6.30. The van der Waals surface area contributed by atoms with E-state index in [-0.39, 0.29) is 5.91 Å². The summed E-state index contributed by atoms with van der Waals surface area (Å²) in [7, 11) is 1.65. The van der Waals surface area contributed by atoms with E-state index in [9.17, 15) is 4.79 Å². The van der Waals surface area contributed by atoms with Crippen LogP contribution in [0.4, 0.5) is 5.82 Å². The molecular weight excluding hydrogens is 430 g/mol. The van der Waals surface area contributed by atoms with E-state index in [4.69, 9.17) is 15.5 Å². The predicted molar refractivity (Wildman–Crippen MR) is 132 cm³/mol. The molecule has 9 heteroatoms. The lowest BCUT2D eigenvalue weighted by Gasteiger charge is -2.32. The first-order valence-corrected chi connectivity index (χ1v) is 11.9. The third-order valence-corrected chi connectivity index (χ3v) is 6.87. The standard InChI is InChI=1S/C25H31N7O2/c1-15(2)23-18-11-22(31-8-6-16(7-9-31)4-5-21(26)33)27-12-19(18)30-24(23)17-10-20(34-3)25-28-14-29-32(25)13-17/h10-16,30H,4-9H2,1-3H3,(H2,26,33). The third kappa shape index (κ3) is 4.06. The van der Waals surface area contributed by atoms with Crippen molar-refractivity contribution in [2.45, 2.75) is 45.4 Å². The van der Waals surface area contributed by atoms with E-state index < -0.39 is 0 Å². The van der Waals surface area contributed by atoms with Gasteiger partial charge in [-0.3, -0.25) is 4.79 Å². The molecule has 0 atom stereocenters. The zero-order valence-corrected chi connectivity index (χ0v) is 19.9. The minimum Gasteiger partial charge on any atom is -0.493 e. The summed E-state index contributed by atoms with van der Waals surface area (Å²) in [5, 5.41) is 5.50. The number of aromatic amines is 1. The average Bonchev–Trinajstić information content (AvgIpc) is 3.46. The molecule has 4 aromatic heterocycles. The highest BCUT2D eigenvalue weighted by molar-refractivity contribution is 5.92. The van der Waals surface area contributed by atoms with Gasteiger partial charge in [0.2, 0.25) is 5.91 Å². The molecule has 1 aliphatic heterocycles. The van der Waals surface area contributed by atoms with Crippen molar-refractivity contribution in [3.05, 3.63) is 36.4 Å². The monoisotopic (exact) mass is 461 g/mol. The molecule has 0 aromatic carbocycles. The zero-order valence-electron chi connectivity index (χ0n) is 19.9. The Balaban J connectivity index is 1.48. The Labute approximate surface area is 198 Å². The molecule has 1 amide bonds. The first kappa shape index (κ1) is 22.2. The maximum atomic E-state index is 11.1. The van der Waals surface area contributed by atoms with Crippen molar-refractivity contribution in [1.29, 1.82) is 0 Å². The van der Waals surface area contributed by atoms with Crippen molar-refractivity contribution >= 4 is 28.3 Å². The van der Waals surface area contributed by atoms with Gasteiger partial charge in [-0.2, -0.15) is 5.10 Å². The number of nitrogens with zero attached hydrogens (tertiary/aromatic N) is 5. The van der Waals surface area contributed by atoms with E-state index >= 15 is 0 Å². The SMILES string of the molecule is COc1cc(-c2[nH]c3cnc(N4CCC(CCC(N)=O)CC4)cc3c2C(C)C)cn2ncnc12. The fourth-order valence-corrected chi connectivity index (χ4v) is 5.08. The van der Waals surface area contributed by atoms with Crippen LogP contribution in [0.1, 0.15) is 51.0 Å². The number of carbonyl (C=O) groups excluding carboxylic acids is 1. The lowest BCUT2D eigenvalue weighted by molar-refractivity contribution is -0.118. The van der Waals surface area contributed by atoms with Gasteiger partial charge in [-0.1, -0.05) is 13.8 Å². The molecule has 3 N–H and O–H groups in total. The van der Waals surface area contributed by atoms with Gasteiger partial charge in [-0.05, 0) is 48.8 Å². The first-order chi connectivity index (χ1) is 16.4. The quantitative estimate of drug-likeness (QED) is 0.432. The Hall–Kier alpha value is -3.62. The number of nitrogens with one attached hydrogen (secondary N) is 1. The van der Waals surface area contributed by atoms with E-state index in [2.05, 4.69) is 39.9 Å². The molecule has 0 radical (unpaired) electrons. The van der Waals surface area contributed by atoms with Crippen molar-refractivity contribution in [3.63, 3.8) is 0 Å². The summed E-state index contributed by atoms with van der Waals surface area (Å²) in [5.41, 5.74) is 10.3. The molecule has 0 unspecified atom stereocenters. The van der Waals surface area contributed by atoms with Gasteiger partial charge in [-0.15, -0.1) is 0 Å². The van der Waals surface area contributed by atoms with Crippen LogP contribution in [0.25, 0.3) is 27.8 Å². The molecule has 0 saturated carbocycles. The highest BCUT2D eigenvalue weighted by atomic mass is 16.5. The number of anilines is 1. The maximum absolute atomic E-state index is 11.1. The molecule has 178 valence electrons. The lowest BCUT2D eigenvalue weighted by atomic mass is 9.92. The second-order valence-electron chi connectivity index (χ2n) is 9.42. The van der Waals surface area contributed by atoms with Gasteiger partial charge in [-0.25, -0.2) is 14.5 Å². The number of aromatic nitrogens is 5. The molecule has 1 saturated heterocycles. The Kier molecular flexibility index (Phi) is 5.85. The number of ether oxygens (including phenoxy) is 1. The Morgan fingerprint density at radius 1 is 1.26 bits per heavy atom. The molecule has 4 aromatic rings. The molecule has 0 aliphatic carbocycles. The number of fused-ring (bicyclic) bond motifs is 2. The van der Waals surface area contributed by atoms with E-state index in [1.165, 1.54) is 17.3 Å². The summed E-state index contributed by atoms with van der Waals surface area (Å²) in [4.78, 5) is 26.1. The largest absolute Gasteiger partial charge is 0.493 e. The van der Waals surface area contributed by atoms with Crippen LogP contribution in [0.5, 0.6) is 5.75 Å². The lowest BCUT2D eigenvalue weighted by Crippen LogP contribution is -2.34. The average molecular weight is 462 g/mol. The summed E-state index contributed by atoms with van der Waals surface area (Å²) in [5.74, 6) is 2.33. The van der Waals surface area contributed by atoms with Crippen molar-refractivity contribution in [2.24, 2.45) is 11.7 Å². The smallest absolute Gasteiger partial charge is 0.217 e. The number of H-pyrrole nitrogens is 1. The van der Waals surface area contributed by atoms with Crippen LogP contribution in [0, 0.1) is 5.92 Å². The van der Waals surface area contributed by atoms with Crippen molar-refractivity contribution in [3.8, 4) is 17.0 Å².